The van der Waals surface area contributed by atoms with Crippen LogP contribution in [0, 0.1) is 5.82 Å². The van der Waals surface area contributed by atoms with Gasteiger partial charge in [-0.05, 0) is 24.6 Å². The van der Waals surface area contributed by atoms with Crippen LogP contribution in [0.5, 0.6) is 0 Å². The summed E-state index contributed by atoms with van der Waals surface area (Å²) in [5.74, 6) is 1.62. The highest BCUT2D eigenvalue weighted by Gasteiger charge is 2.25. The maximum atomic E-state index is 13.2. The van der Waals surface area contributed by atoms with E-state index in [1.807, 2.05) is 19.1 Å². The third-order valence-corrected chi connectivity index (χ3v) is 4.59. The first-order valence-electron chi connectivity index (χ1n) is 9.07. The number of anilines is 4. The Balaban J connectivity index is 1.58. The normalized spacial score (nSPS) is 15.0. The van der Waals surface area contributed by atoms with Gasteiger partial charge in [0.25, 0.3) is 0 Å². The second-order valence-electron chi connectivity index (χ2n) is 6.79. The van der Waals surface area contributed by atoms with E-state index in [0.29, 0.717) is 30.5 Å². The number of aromatic nitrogens is 3. The van der Waals surface area contributed by atoms with Crippen molar-refractivity contribution in [2.45, 2.75) is 19.1 Å². The van der Waals surface area contributed by atoms with Crippen molar-refractivity contribution in [1.82, 2.24) is 15.0 Å². The molecule has 3 aromatic rings. The van der Waals surface area contributed by atoms with Crippen molar-refractivity contribution < 1.29 is 9.50 Å². The van der Waals surface area contributed by atoms with Crippen LogP contribution < -0.4 is 15.5 Å². The predicted molar refractivity (Wildman–Crippen MR) is 106 cm³/mol. The molecule has 0 unspecified atom stereocenters. The first kappa shape index (κ1) is 18.1. The third kappa shape index (κ3) is 4.17. The minimum absolute atomic E-state index is 0.0605. The molecule has 0 amide bonds. The smallest absolute Gasteiger partial charge is 0.150 e. The zero-order valence-corrected chi connectivity index (χ0v) is 15.4. The van der Waals surface area contributed by atoms with Crippen molar-refractivity contribution in [3.8, 4) is 0 Å². The molecule has 1 atom stereocenters. The molecule has 2 aromatic heterocycles. The molecule has 0 spiro atoms. The van der Waals surface area contributed by atoms with Crippen molar-refractivity contribution in [2.24, 2.45) is 0 Å². The fourth-order valence-electron chi connectivity index (χ4n) is 3.05. The lowest BCUT2D eigenvalue weighted by Crippen LogP contribution is -2.50. The van der Waals surface area contributed by atoms with Gasteiger partial charge in [-0.3, -0.25) is 4.98 Å². The van der Waals surface area contributed by atoms with Crippen LogP contribution in [-0.2, 0) is 0 Å². The standard InChI is InChI=1S/C20H21FN6O/c1-13(14-2-4-15(21)5-3-14)24-18-8-16(27-11-17(28)12-27)9-19(25-18)26-20-10-22-6-7-23-20/h2-10,13,17,28H,11-12H2,1H3,(H2,23,24,25,26)/t13-/m0/s1. The number of aliphatic hydroxyl groups is 1. The van der Waals surface area contributed by atoms with E-state index < -0.39 is 0 Å². The number of hydrogen-bond acceptors (Lipinski definition) is 7. The van der Waals surface area contributed by atoms with Gasteiger partial charge >= 0.3 is 0 Å². The molecule has 3 N–H and O–H groups in total. The van der Waals surface area contributed by atoms with E-state index in [-0.39, 0.29) is 18.0 Å². The quantitative estimate of drug-likeness (QED) is 0.606. The number of rotatable bonds is 6. The van der Waals surface area contributed by atoms with Crippen LogP contribution in [0.4, 0.5) is 27.5 Å². The van der Waals surface area contributed by atoms with Crippen LogP contribution in [0.2, 0.25) is 0 Å². The average Bonchev–Trinajstić information content (AvgIpc) is 2.66. The number of nitrogens with one attached hydrogen (secondary N) is 2. The van der Waals surface area contributed by atoms with Crippen LogP contribution in [0.15, 0.2) is 55.0 Å². The topological polar surface area (TPSA) is 86.2 Å². The number of halogens is 1. The van der Waals surface area contributed by atoms with Gasteiger partial charge in [-0.2, -0.15) is 0 Å². The summed E-state index contributed by atoms with van der Waals surface area (Å²) in [6.07, 6.45) is 4.52. The van der Waals surface area contributed by atoms with Gasteiger partial charge in [0, 0.05) is 49.3 Å². The fraction of sp³-hybridized carbons (Fsp3) is 0.250. The first-order chi connectivity index (χ1) is 13.6. The van der Waals surface area contributed by atoms with Crippen LogP contribution in [0.3, 0.4) is 0 Å². The van der Waals surface area contributed by atoms with E-state index >= 15 is 0 Å². The summed E-state index contributed by atoms with van der Waals surface area (Å²) in [5, 5.41) is 16.1. The molecule has 0 saturated carbocycles. The van der Waals surface area contributed by atoms with Gasteiger partial charge in [0.15, 0.2) is 0 Å². The van der Waals surface area contributed by atoms with E-state index in [2.05, 4.69) is 30.5 Å². The molecule has 3 heterocycles. The lowest BCUT2D eigenvalue weighted by atomic mass is 10.1. The van der Waals surface area contributed by atoms with Gasteiger partial charge in [-0.15, -0.1) is 0 Å². The minimum Gasteiger partial charge on any atom is -0.389 e. The molecule has 1 fully saturated rings. The maximum absolute atomic E-state index is 13.2. The molecule has 1 aliphatic rings. The maximum Gasteiger partial charge on any atom is 0.150 e. The summed E-state index contributed by atoms with van der Waals surface area (Å²) in [4.78, 5) is 15.0. The molecule has 0 aliphatic carbocycles. The summed E-state index contributed by atoms with van der Waals surface area (Å²) < 4.78 is 13.2. The first-order valence-corrected chi connectivity index (χ1v) is 9.07. The molecule has 28 heavy (non-hydrogen) atoms. The highest BCUT2D eigenvalue weighted by molar-refractivity contribution is 5.65. The van der Waals surface area contributed by atoms with Crippen molar-refractivity contribution in [3.05, 3.63) is 66.4 Å². The molecule has 8 heteroatoms. The van der Waals surface area contributed by atoms with Gasteiger partial charge in [-0.1, -0.05) is 12.1 Å². The number of hydrogen-bond donors (Lipinski definition) is 3. The Bertz CT molecular complexity index is 931. The van der Waals surface area contributed by atoms with E-state index in [1.165, 1.54) is 12.1 Å². The molecule has 7 nitrogen and oxygen atoms in total. The second kappa shape index (κ2) is 7.77. The molecule has 0 bridgehead atoms. The molecule has 4 rings (SSSR count). The Morgan fingerprint density at radius 3 is 2.54 bits per heavy atom. The van der Waals surface area contributed by atoms with Crippen molar-refractivity contribution in [1.29, 1.82) is 0 Å². The molecule has 144 valence electrons. The van der Waals surface area contributed by atoms with Gasteiger partial charge in [0.05, 0.1) is 12.3 Å². The molecule has 1 aliphatic heterocycles. The van der Waals surface area contributed by atoms with Gasteiger partial charge in [0.2, 0.25) is 0 Å². The van der Waals surface area contributed by atoms with Crippen LogP contribution in [0.1, 0.15) is 18.5 Å². The SMILES string of the molecule is C[C@H](Nc1cc(N2CC(O)C2)cc(Nc2cnccn2)n1)c1ccc(F)cc1. The number of benzene rings is 1. The Labute approximate surface area is 162 Å². The highest BCUT2D eigenvalue weighted by atomic mass is 19.1. The van der Waals surface area contributed by atoms with Crippen molar-refractivity contribution in [2.75, 3.05) is 28.6 Å². The lowest BCUT2D eigenvalue weighted by Gasteiger charge is -2.38. The Hall–Kier alpha value is -3.26. The number of pyridine rings is 1. The van der Waals surface area contributed by atoms with E-state index in [9.17, 15) is 9.50 Å². The summed E-state index contributed by atoms with van der Waals surface area (Å²) >= 11 is 0. The van der Waals surface area contributed by atoms with Gasteiger partial charge in [-0.25, -0.2) is 14.4 Å². The monoisotopic (exact) mass is 380 g/mol. The summed E-state index contributed by atoms with van der Waals surface area (Å²) in [6.45, 7) is 3.16. The fourth-order valence-corrected chi connectivity index (χ4v) is 3.05. The summed E-state index contributed by atoms with van der Waals surface area (Å²) in [6, 6.07) is 10.2. The highest BCUT2D eigenvalue weighted by Crippen LogP contribution is 2.29. The lowest BCUT2D eigenvalue weighted by molar-refractivity contribution is 0.142. The third-order valence-electron chi connectivity index (χ3n) is 4.59. The van der Waals surface area contributed by atoms with Gasteiger partial charge in [0.1, 0.15) is 23.3 Å². The number of nitrogens with zero attached hydrogens (tertiary/aromatic N) is 4. The molecule has 0 radical (unpaired) electrons. The van der Waals surface area contributed by atoms with Crippen LogP contribution in [-0.4, -0.2) is 39.3 Å². The average molecular weight is 380 g/mol. The van der Waals surface area contributed by atoms with Crippen molar-refractivity contribution in [3.63, 3.8) is 0 Å². The summed E-state index contributed by atoms with van der Waals surface area (Å²) in [5.41, 5.74) is 1.90. The van der Waals surface area contributed by atoms with Crippen LogP contribution in [0.25, 0.3) is 0 Å². The Morgan fingerprint density at radius 2 is 1.86 bits per heavy atom. The zero-order valence-electron chi connectivity index (χ0n) is 15.4. The Kier molecular flexibility index (Phi) is 5.03. The van der Waals surface area contributed by atoms with Crippen LogP contribution >= 0.6 is 0 Å². The van der Waals surface area contributed by atoms with E-state index in [1.54, 1.807) is 30.7 Å². The second-order valence-corrected chi connectivity index (χ2v) is 6.79. The largest absolute Gasteiger partial charge is 0.389 e. The van der Waals surface area contributed by atoms with Crippen molar-refractivity contribution >= 4 is 23.1 Å². The molecular formula is C20H21FN6O. The summed E-state index contributed by atoms with van der Waals surface area (Å²) in [7, 11) is 0. The zero-order chi connectivity index (χ0) is 19.5. The number of aliphatic hydroxyl groups excluding tert-OH is 1. The number of β-amino-alcohol motifs (C(OH)–C–C–N with tert-alkyl or cyclic N) is 1. The molecule has 1 aromatic carbocycles. The Morgan fingerprint density at radius 1 is 1.11 bits per heavy atom. The predicted octanol–water partition coefficient (Wildman–Crippen LogP) is 3.11. The van der Waals surface area contributed by atoms with E-state index in [0.717, 1.165) is 11.3 Å². The van der Waals surface area contributed by atoms with Gasteiger partial charge < -0.3 is 20.6 Å². The molecular weight excluding hydrogens is 359 g/mol. The minimum atomic E-state index is -0.306. The van der Waals surface area contributed by atoms with E-state index in [4.69, 9.17) is 0 Å². The molecule has 1 saturated heterocycles.